The summed E-state index contributed by atoms with van der Waals surface area (Å²) in [5.41, 5.74) is 2.59. The molecular formula is C10H17N5O2. The third kappa shape index (κ3) is 3.97. The first-order valence-electron chi connectivity index (χ1n) is 5.29. The lowest BCUT2D eigenvalue weighted by Gasteiger charge is -2.15. The van der Waals surface area contributed by atoms with Gasteiger partial charge in [0, 0.05) is 7.11 Å². The molecule has 0 spiro atoms. The first-order chi connectivity index (χ1) is 8.21. The Bertz CT molecular complexity index is 354. The summed E-state index contributed by atoms with van der Waals surface area (Å²) in [5.74, 6) is 5.28. The van der Waals surface area contributed by atoms with E-state index in [1.807, 2.05) is 6.92 Å². The summed E-state index contributed by atoms with van der Waals surface area (Å²) in [5, 5.41) is 2.80. The minimum atomic E-state index is -0.273. The highest BCUT2D eigenvalue weighted by atomic mass is 16.5. The largest absolute Gasteiger partial charge is 0.383 e. The molecule has 1 amide bonds. The Morgan fingerprint density at radius 1 is 1.53 bits per heavy atom. The fourth-order valence-corrected chi connectivity index (χ4v) is 1.24. The van der Waals surface area contributed by atoms with Crippen molar-refractivity contribution in [2.45, 2.75) is 19.4 Å². The quantitative estimate of drug-likeness (QED) is 0.474. The summed E-state index contributed by atoms with van der Waals surface area (Å²) < 4.78 is 4.99. The van der Waals surface area contributed by atoms with E-state index in [1.54, 1.807) is 7.11 Å². The van der Waals surface area contributed by atoms with Crippen molar-refractivity contribution in [3.05, 3.63) is 18.1 Å². The fourth-order valence-electron chi connectivity index (χ4n) is 1.24. The second-order valence-electron chi connectivity index (χ2n) is 3.47. The van der Waals surface area contributed by atoms with Crippen molar-refractivity contribution in [3.63, 3.8) is 0 Å². The van der Waals surface area contributed by atoms with Gasteiger partial charge in [-0.05, 0) is 6.42 Å². The van der Waals surface area contributed by atoms with Gasteiger partial charge in [-0.15, -0.1) is 0 Å². The third-order valence-electron chi connectivity index (χ3n) is 2.23. The van der Waals surface area contributed by atoms with Gasteiger partial charge in [-0.3, -0.25) is 4.79 Å². The van der Waals surface area contributed by atoms with Crippen LogP contribution in [0.4, 0.5) is 5.82 Å². The van der Waals surface area contributed by atoms with Gasteiger partial charge >= 0.3 is 0 Å². The Morgan fingerprint density at radius 3 is 2.76 bits per heavy atom. The molecule has 4 N–H and O–H groups in total. The molecule has 17 heavy (non-hydrogen) atoms. The number of hydrogen-bond acceptors (Lipinski definition) is 6. The van der Waals surface area contributed by atoms with Crippen LogP contribution in [-0.4, -0.2) is 35.6 Å². The smallest absolute Gasteiger partial charge is 0.271 e. The van der Waals surface area contributed by atoms with Gasteiger partial charge in [-0.25, -0.2) is 15.8 Å². The van der Waals surface area contributed by atoms with Gasteiger partial charge in [0.1, 0.15) is 5.69 Å². The first kappa shape index (κ1) is 13.3. The molecule has 7 nitrogen and oxygen atoms in total. The summed E-state index contributed by atoms with van der Waals surface area (Å²) >= 11 is 0. The highest BCUT2D eigenvalue weighted by Crippen LogP contribution is 2.00. The van der Waals surface area contributed by atoms with Crippen LogP contribution in [0, 0.1) is 0 Å². The fraction of sp³-hybridized carbons (Fsp3) is 0.500. The first-order valence-corrected chi connectivity index (χ1v) is 5.29. The topological polar surface area (TPSA) is 102 Å². The number of carbonyl (C=O) groups is 1. The molecule has 0 saturated carbocycles. The van der Waals surface area contributed by atoms with Crippen LogP contribution >= 0.6 is 0 Å². The number of nitrogens with zero attached hydrogens (tertiary/aromatic N) is 2. The molecule has 0 aliphatic heterocycles. The number of nitrogen functional groups attached to an aromatic ring is 1. The van der Waals surface area contributed by atoms with E-state index >= 15 is 0 Å². The van der Waals surface area contributed by atoms with E-state index in [4.69, 9.17) is 10.6 Å². The molecule has 1 unspecified atom stereocenters. The molecule has 0 fully saturated rings. The van der Waals surface area contributed by atoms with Crippen LogP contribution in [0.25, 0.3) is 0 Å². The molecule has 0 aliphatic carbocycles. The van der Waals surface area contributed by atoms with Crippen molar-refractivity contribution in [2.75, 3.05) is 19.1 Å². The molecule has 1 aromatic heterocycles. The number of hydrazine groups is 1. The second kappa shape index (κ2) is 6.77. The number of hydrogen-bond donors (Lipinski definition) is 3. The van der Waals surface area contributed by atoms with Crippen LogP contribution in [0.15, 0.2) is 12.4 Å². The van der Waals surface area contributed by atoms with E-state index in [9.17, 15) is 4.79 Å². The molecule has 0 aromatic carbocycles. The highest BCUT2D eigenvalue weighted by molar-refractivity contribution is 5.92. The van der Waals surface area contributed by atoms with Gasteiger partial charge in [0.2, 0.25) is 0 Å². The Hall–Kier alpha value is -1.73. The number of nitrogens with two attached hydrogens (primary N) is 1. The summed E-state index contributed by atoms with van der Waals surface area (Å²) in [6, 6.07) is -0.0263. The molecule has 1 aromatic rings. The van der Waals surface area contributed by atoms with E-state index in [0.717, 1.165) is 6.42 Å². The highest BCUT2D eigenvalue weighted by Gasteiger charge is 2.13. The molecule has 0 aliphatic rings. The van der Waals surface area contributed by atoms with Crippen molar-refractivity contribution in [3.8, 4) is 0 Å². The Balaban J connectivity index is 2.62. The van der Waals surface area contributed by atoms with Crippen LogP contribution in [0.1, 0.15) is 23.8 Å². The third-order valence-corrected chi connectivity index (χ3v) is 2.23. The van der Waals surface area contributed by atoms with Crippen LogP contribution in [0.3, 0.4) is 0 Å². The maximum Gasteiger partial charge on any atom is 0.271 e. The molecule has 7 heteroatoms. The summed E-state index contributed by atoms with van der Waals surface area (Å²) in [4.78, 5) is 19.6. The zero-order valence-corrected chi connectivity index (χ0v) is 9.93. The van der Waals surface area contributed by atoms with Crippen molar-refractivity contribution in [2.24, 2.45) is 5.84 Å². The van der Waals surface area contributed by atoms with Gasteiger partial charge in [-0.1, -0.05) is 6.92 Å². The van der Waals surface area contributed by atoms with E-state index in [2.05, 4.69) is 20.7 Å². The van der Waals surface area contributed by atoms with Gasteiger partial charge in [-0.2, -0.15) is 0 Å². The number of rotatable bonds is 6. The van der Waals surface area contributed by atoms with Gasteiger partial charge in [0.25, 0.3) is 5.91 Å². The van der Waals surface area contributed by atoms with Crippen molar-refractivity contribution in [1.82, 2.24) is 15.3 Å². The van der Waals surface area contributed by atoms with Gasteiger partial charge in [0.15, 0.2) is 5.82 Å². The van der Waals surface area contributed by atoms with Crippen LogP contribution in [0.5, 0.6) is 0 Å². The predicted molar refractivity (Wildman–Crippen MR) is 63.3 cm³/mol. The molecule has 0 radical (unpaired) electrons. The lowest BCUT2D eigenvalue weighted by atomic mass is 10.2. The summed E-state index contributed by atoms with van der Waals surface area (Å²) in [6.45, 7) is 2.44. The van der Waals surface area contributed by atoms with Crippen LogP contribution < -0.4 is 16.6 Å². The van der Waals surface area contributed by atoms with Crippen molar-refractivity contribution < 1.29 is 9.53 Å². The van der Waals surface area contributed by atoms with E-state index < -0.39 is 0 Å². The molecule has 1 rings (SSSR count). The average Bonchev–Trinajstić information content (AvgIpc) is 2.38. The van der Waals surface area contributed by atoms with Crippen molar-refractivity contribution >= 4 is 11.7 Å². The molecule has 1 atom stereocenters. The number of nitrogens with one attached hydrogen (secondary N) is 2. The number of carbonyl (C=O) groups excluding carboxylic acids is 1. The van der Waals surface area contributed by atoms with E-state index in [0.29, 0.717) is 12.4 Å². The normalized spacial score (nSPS) is 11.9. The van der Waals surface area contributed by atoms with Gasteiger partial charge in [0.05, 0.1) is 25.0 Å². The minimum Gasteiger partial charge on any atom is -0.383 e. The maximum absolute atomic E-state index is 11.8. The van der Waals surface area contributed by atoms with Crippen LogP contribution in [0.2, 0.25) is 0 Å². The molecule has 94 valence electrons. The van der Waals surface area contributed by atoms with Gasteiger partial charge < -0.3 is 15.5 Å². The maximum atomic E-state index is 11.8. The monoisotopic (exact) mass is 239 g/mol. The second-order valence-corrected chi connectivity index (χ2v) is 3.47. The Kier molecular flexibility index (Phi) is 5.31. The number of ether oxygens (including phenoxy) is 1. The molecular weight excluding hydrogens is 222 g/mol. The standard InChI is InChI=1S/C10H17N5O2/c1-3-7(6-17-2)14-10(16)8-4-13-9(15-11)5-12-8/h4-5,7H,3,6,11H2,1-2H3,(H,13,15)(H,14,16). The minimum absolute atomic E-state index is 0.0263. The number of aromatic nitrogens is 2. The predicted octanol–water partition coefficient (Wildman–Crippen LogP) is -0.0830. The zero-order valence-electron chi connectivity index (χ0n) is 9.93. The number of amides is 1. The molecule has 0 saturated heterocycles. The lowest BCUT2D eigenvalue weighted by molar-refractivity contribution is 0.0889. The summed E-state index contributed by atoms with van der Waals surface area (Å²) in [6.07, 6.45) is 3.55. The SMILES string of the molecule is CCC(COC)NC(=O)c1cnc(NN)cn1. The molecule has 1 heterocycles. The van der Waals surface area contributed by atoms with Crippen molar-refractivity contribution in [1.29, 1.82) is 0 Å². The number of methoxy groups -OCH3 is 1. The van der Waals surface area contributed by atoms with E-state index in [1.165, 1.54) is 12.4 Å². The summed E-state index contributed by atoms with van der Waals surface area (Å²) in [7, 11) is 1.59. The Labute approximate surface area is 99.7 Å². The molecule has 0 bridgehead atoms. The lowest BCUT2D eigenvalue weighted by Crippen LogP contribution is -2.38. The number of anilines is 1. The Morgan fingerprint density at radius 2 is 2.29 bits per heavy atom. The average molecular weight is 239 g/mol. The van der Waals surface area contributed by atoms with Crippen LogP contribution in [-0.2, 0) is 4.74 Å². The van der Waals surface area contributed by atoms with E-state index in [-0.39, 0.29) is 17.6 Å². The zero-order chi connectivity index (χ0) is 12.7.